The molecule has 104 valence electrons. The molecule has 1 nitrogen and oxygen atoms in total. The highest BCUT2D eigenvalue weighted by atomic mass is 35.5. The van der Waals surface area contributed by atoms with Gasteiger partial charge in [-0.3, -0.25) is 0 Å². The first kappa shape index (κ1) is 19.3. The summed E-state index contributed by atoms with van der Waals surface area (Å²) in [5, 5.41) is 1.40. The van der Waals surface area contributed by atoms with Crippen molar-refractivity contribution >= 4 is 82.2 Å². The van der Waals surface area contributed by atoms with Crippen molar-refractivity contribution in [1.82, 2.24) is 4.90 Å². The molecule has 0 saturated carbocycles. The van der Waals surface area contributed by atoms with Gasteiger partial charge in [0.1, 0.15) is 0 Å². The molecule has 0 atom stereocenters. The van der Waals surface area contributed by atoms with Crippen LogP contribution in [0.1, 0.15) is 0 Å². The number of thioether (sulfide) groups is 1. The average Bonchev–Trinajstić information content (AvgIpc) is 2.28. The van der Waals surface area contributed by atoms with Crippen LogP contribution in [-0.2, 0) is 0 Å². The largest absolute Gasteiger partial charge is 0.309 e. The maximum atomic E-state index is 6.10. The van der Waals surface area contributed by atoms with Gasteiger partial charge in [-0.05, 0) is 14.1 Å². The van der Waals surface area contributed by atoms with Crippen LogP contribution in [0.15, 0.2) is 4.90 Å². The van der Waals surface area contributed by atoms with E-state index in [1.165, 1.54) is 11.8 Å². The Balaban J connectivity index is 0.00000289. The van der Waals surface area contributed by atoms with Crippen LogP contribution in [-0.4, -0.2) is 31.3 Å². The zero-order valence-electron chi connectivity index (χ0n) is 9.57. The van der Waals surface area contributed by atoms with Crippen LogP contribution in [0.3, 0.4) is 0 Å². The molecule has 0 amide bonds. The molecule has 1 aromatic carbocycles. The van der Waals surface area contributed by atoms with E-state index in [-0.39, 0.29) is 27.5 Å². The van der Waals surface area contributed by atoms with E-state index in [1.807, 2.05) is 14.1 Å². The molecule has 0 radical (unpaired) electrons. The first-order valence-corrected chi connectivity index (χ1v) is 7.52. The molecule has 0 N–H and O–H groups in total. The van der Waals surface area contributed by atoms with Gasteiger partial charge in [0.2, 0.25) is 0 Å². The molecule has 0 aromatic heterocycles. The molecule has 1 rings (SSSR count). The first-order chi connectivity index (χ1) is 7.86. The minimum absolute atomic E-state index is 0. The molecule has 18 heavy (non-hydrogen) atoms. The van der Waals surface area contributed by atoms with E-state index in [2.05, 4.69) is 4.90 Å². The van der Waals surface area contributed by atoms with Gasteiger partial charge in [-0.2, -0.15) is 0 Å². The zero-order valence-corrected chi connectivity index (χ0v) is 15.0. The Hall–Kier alpha value is 1.27. The standard InChI is InChI=1S/C10H10Cl5NS.ClH/c1-16(2)3-4-17-10-8(14)6(12)5(11)7(13)9(10)15;/h3-4H2,1-2H3;1H. The van der Waals surface area contributed by atoms with Crippen LogP contribution in [0.4, 0.5) is 0 Å². The topological polar surface area (TPSA) is 3.24 Å². The monoisotopic (exact) mass is 387 g/mol. The van der Waals surface area contributed by atoms with E-state index < -0.39 is 0 Å². The summed E-state index contributed by atoms with van der Waals surface area (Å²) >= 11 is 31.5. The maximum Gasteiger partial charge on any atom is 0.0809 e. The lowest BCUT2D eigenvalue weighted by Crippen LogP contribution is -2.14. The number of rotatable bonds is 4. The van der Waals surface area contributed by atoms with Crippen molar-refractivity contribution in [2.45, 2.75) is 4.90 Å². The lowest BCUT2D eigenvalue weighted by molar-refractivity contribution is 0.437. The van der Waals surface area contributed by atoms with Crippen LogP contribution in [0, 0.1) is 0 Å². The minimum atomic E-state index is 0. The van der Waals surface area contributed by atoms with Gasteiger partial charge >= 0.3 is 0 Å². The molecular weight excluding hydrogens is 379 g/mol. The molecule has 0 unspecified atom stereocenters. The van der Waals surface area contributed by atoms with Crippen LogP contribution in [0.2, 0.25) is 25.1 Å². The molecule has 0 spiro atoms. The third-order valence-corrected chi connectivity index (χ3v) is 5.54. The van der Waals surface area contributed by atoms with E-state index >= 15 is 0 Å². The normalized spacial score (nSPS) is 10.7. The minimum Gasteiger partial charge on any atom is -0.309 e. The van der Waals surface area contributed by atoms with E-state index in [0.29, 0.717) is 14.9 Å². The van der Waals surface area contributed by atoms with Crippen LogP contribution in [0.5, 0.6) is 0 Å². The lowest BCUT2D eigenvalue weighted by Gasteiger charge is -2.13. The summed E-state index contributed by atoms with van der Waals surface area (Å²) in [5.74, 6) is 0.834. The van der Waals surface area contributed by atoms with Gasteiger partial charge in [0, 0.05) is 17.2 Å². The van der Waals surface area contributed by atoms with Crippen LogP contribution < -0.4 is 0 Å². The van der Waals surface area contributed by atoms with Crippen molar-refractivity contribution in [3.8, 4) is 0 Å². The third kappa shape index (κ3) is 4.68. The third-order valence-electron chi connectivity index (χ3n) is 1.95. The second kappa shape index (κ2) is 8.53. The number of halogens is 6. The van der Waals surface area contributed by atoms with E-state index in [0.717, 1.165) is 12.3 Å². The molecule has 0 bridgehead atoms. The highest BCUT2D eigenvalue weighted by molar-refractivity contribution is 7.99. The Morgan fingerprint density at radius 1 is 0.833 bits per heavy atom. The number of hydrogen-bond acceptors (Lipinski definition) is 2. The molecule has 0 saturated heterocycles. The molecule has 0 aliphatic carbocycles. The maximum absolute atomic E-state index is 6.10. The average molecular weight is 390 g/mol. The predicted molar refractivity (Wildman–Crippen MR) is 88.0 cm³/mol. The first-order valence-electron chi connectivity index (χ1n) is 4.65. The van der Waals surface area contributed by atoms with E-state index in [9.17, 15) is 0 Å². The Morgan fingerprint density at radius 3 is 1.61 bits per heavy atom. The van der Waals surface area contributed by atoms with Crippen molar-refractivity contribution in [2.75, 3.05) is 26.4 Å². The van der Waals surface area contributed by atoms with Gasteiger partial charge in [-0.15, -0.1) is 24.2 Å². The highest BCUT2D eigenvalue weighted by Gasteiger charge is 2.19. The van der Waals surface area contributed by atoms with Gasteiger partial charge in [-0.1, -0.05) is 58.0 Å². The summed E-state index contributed by atoms with van der Waals surface area (Å²) in [6.45, 7) is 0.898. The van der Waals surface area contributed by atoms with Crippen molar-refractivity contribution in [1.29, 1.82) is 0 Å². The molecule has 8 heteroatoms. The van der Waals surface area contributed by atoms with E-state index in [4.69, 9.17) is 58.0 Å². The van der Waals surface area contributed by atoms with E-state index in [1.54, 1.807) is 0 Å². The summed E-state index contributed by atoms with van der Waals surface area (Å²) in [4.78, 5) is 2.74. The highest BCUT2D eigenvalue weighted by Crippen LogP contribution is 2.47. The summed E-state index contributed by atoms with van der Waals surface area (Å²) < 4.78 is 0. The van der Waals surface area contributed by atoms with Crippen molar-refractivity contribution in [3.63, 3.8) is 0 Å². The molecular formula is C10H11Cl6NS. The van der Waals surface area contributed by atoms with Gasteiger partial charge in [0.15, 0.2) is 0 Å². The Labute approximate surface area is 142 Å². The summed E-state index contributed by atoms with van der Waals surface area (Å²) in [7, 11) is 3.98. The fraction of sp³-hybridized carbons (Fsp3) is 0.400. The van der Waals surface area contributed by atoms with Crippen LogP contribution >= 0.6 is 82.2 Å². The van der Waals surface area contributed by atoms with Crippen molar-refractivity contribution < 1.29 is 0 Å². The Bertz CT molecular complexity index is 394. The van der Waals surface area contributed by atoms with Crippen LogP contribution in [0.25, 0.3) is 0 Å². The number of hydrogen-bond donors (Lipinski definition) is 0. The van der Waals surface area contributed by atoms with Gasteiger partial charge in [-0.25, -0.2) is 0 Å². The summed E-state index contributed by atoms with van der Waals surface area (Å²) in [5.41, 5.74) is 0. The fourth-order valence-electron chi connectivity index (χ4n) is 1.04. The number of nitrogens with zero attached hydrogens (tertiary/aromatic N) is 1. The zero-order chi connectivity index (χ0) is 13.2. The summed E-state index contributed by atoms with van der Waals surface area (Å²) in [6.07, 6.45) is 0. The Kier molecular flexibility index (Phi) is 9.14. The Morgan fingerprint density at radius 2 is 1.22 bits per heavy atom. The molecule has 0 aliphatic heterocycles. The lowest BCUT2D eigenvalue weighted by atomic mass is 10.3. The summed E-state index contributed by atoms with van der Waals surface area (Å²) in [6, 6.07) is 0. The quantitative estimate of drug-likeness (QED) is 0.351. The van der Waals surface area contributed by atoms with Crippen molar-refractivity contribution in [2.24, 2.45) is 0 Å². The number of benzene rings is 1. The SMILES string of the molecule is CN(C)CCSc1c(Cl)c(Cl)c(Cl)c(Cl)c1Cl.Cl. The molecule has 0 fully saturated rings. The van der Waals surface area contributed by atoms with Gasteiger partial charge in [0.05, 0.1) is 25.1 Å². The smallest absolute Gasteiger partial charge is 0.0809 e. The molecule has 0 aliphatic rings. The fourth-order valence-corrected chi connectivity index (χ4v) is 3.74. The molecule has 1 aromatic rings. The second-order valence-corrected chi connectivity index (χ2v) is 6.55. The van der Waals surface area contributed by atoms with Crippen molar-refractivity contribution in [3.05, 3.63) is 25.1 Å². The second-order valence-electron chi connectivity index (χ2n) is 3.55. The predicted octanol–water partition coefficient (Wildman–Crippen LogP) is 6.03. The van der Waals surface area contributed by atoms with Gasteiger partial charge < -0.3 is 4.90 Å². The van der Waals surface area contributed by atoms with Gasteiger partial charge in [0.25, 0.3) is 0 Å². The molecule has 0 heterocycles.